The van der Waals surface area contributed by atoms with E-state index < -0.39 is 35.8 Å². The topological polar surface area (TPSA) is 178 Å². The van der Waals surface area contributed by atoms with Crippen LogP contribution in [0.4, 0.5) is 0 Å². The van der Waals surface area contributed by atoms with Crippen molar-refractivity contribution in [2.45, 2.75) is 38.3 Å². The minimum absolute atomic E-state index is 0.00576. The fourth-order valence-corrected chi connectivity index (χ4v) is 3.21. The van der Waals surface area contributed by atoms with Gasteiger partial charge in [0.05, 0.1) is 6.42 Å². The average Bonchev–Trinajstić information content (AvgIpc) is 3.25. The van der Waals surface area contributed by atoms with Crippen molar-refractivity contribution in [3.05, 3.63) is 46.5 Å². The van der Waals surface area contributed by atoms with Gasteiger partial charge in [-0.3, -0.25) is 19.2 Å². The van der Waals surface area contributed by atoms with Crippen LogP contribution < -0.4 is 16.0 Å². The molecule has 0 aliphatic carbocycles. The van der Waals surface area contributed by atoms with E-state index in [4.69, 9.17) is 16.7 Å². The number of rotatable bonds is 13. The van der Waals surface area contributed by atoms with Crippen molar-refractivity contribution in [2.75, 3.05) is 19.7 Å². The lowest BCUT2D eigenvalue weighted by Gasteiger charge is -2.21. The number of hydrogen-bond acceptors (Lipinski definition) is 6. The number of carbonyl (C=O) groups excluding carboxylic acids is 4. The van der Waals surface area contributed by atoms with E-state index in [0.29, 0.717) is 0 Å². The van der Waals surface area contributed by atoms with Crippen molar-refractivity contribution in [2.24, 2.45) is 5.11 Å². The van der Waals surface area contributed by atoms with Crippen LogP contribution >= 0.6 is 0 Å². The maximum atomic E-state index is 12.9. The summed E-state index contributed by atoms with van der Waals surface area (Å²) in [7, 11) is 0. The number of hydrogen-bond donors (Lipinski definition) is 4. The molecule has 2 rings (SSSR count). The number of para-hydroxylation sites is 1. The number of nitrogens with one attached hydrogen (secondary N) is 4. The summed E-state index contributed by atoms with van der Waals surface area (Å²) >= 11 is 0. The number of amides is 3. The van der Waals surface area contributed by atoms with Crippen LogP contribution in [0.5, 0.6) is 0 Å². The molecule has 0 saturated heterocycles. The van der Waals surface area contributed by atoms with Gasteiger partial charge in [-0.15, -0.1) is 6.42 Å². The molecule has 0 radical (unpaired) electrons. The van der Waals surface area contributed by atoms with Gasteiger partial charge in [0.2, 0.25) is 17.7 Å². The van der Waals surface area contributed by atoms with Crippen LogP contribution in [0.15, 0.2) is 35.6 Å². The third-order valence-corrected chi connectivity index (χ3v) is 4.95. The molecule has 184 valence electrons. The molecule has 3 amide bonds. The second-order valence-electron chi connectivity index (χ2n) is 7.52. The molecule has 0 bridgehead atoms. The van der Waals surface area contributed by atoms with E-state index in [1.807, 2.05) is 24.3 Å². The van der Waals surface area contributed by atoms with E-state index in [1.54, 1.807) is 6.20 Å². The highest BCUT2D eigenvalue weighted by Gasteiger charge is 2.25. The Morgan fingerprint density at radius 2 is 1.97 bits per heavy atom. The highest BCUT2D eigenvalue weighted by molar-refractivity contribution is 5.93. The number of fused-ring (bicyclic) bond motifs is 1. The zero-order valence-corrected chi connectivity index (χ0v) is 19.2. The van der Waals surface area contributed by atoms with Gasteiger partial charge in [0, 0.05) is 47.9 Å². The first-order valence-corrected chi connectivity index (χ1v) is 10.9. The maximum absolute atomic E-state index is 12.9. The Bertz CT molecular complexity index is 1150. The molecule has 0 saturated carbocycles. The molecule has 1 aromatic carbocycles. The molecule has 12 heteroatoms. The molecule has 0 spiro atoms. The summed E-state index contributed by atoms with van der Waals surface area (Å²) in [4.78, 5) is 54.9. The summed E-state index contributed by atoms with van der Waals surface area (Å²) in [6.45, 7) is 1.28. The lowest BCUT2D eigenvalue weighted by molar-refractivity contribution is -0.142. The zero-order valence-electron chi connectivity index (χ0n) is 19.2. The van der Waals surface area contributed by atoms with Gasteiger partial charge in [-0.1, -0.05) is 29.2 Å². The number of nitrogens with zero attached hydrogens (tertiary/aromatic N) is 3. The zero-order chi connectivity index (χ0) is 25.6. The Hall–Kier alpha value is -4.49. The molecular formula is C23H27N7O5. The first-order chi connectivity index (χ1) is 16.8. The normalized spacial score (nSPS) is 11.9. The third kappa shape index (κ3) is 8.75. The third-order valence-electron chi connectivity index (χ3n) is 4.95. The van der Waals surface area contributed by atoms with Crippen molar-refractivity contribution < 1.29 is 23.9 Å². The number of terminal acetylenes is 1. The predicted molar refractivity (Wildman–Crippen MR) is 128 cm³/mol. The van der Waals surface area contributed by atoms with Gasteiger partial charge in [0.1, 0.15) is 12.1 Å². The lowest BCUT2D eigenvalue weighted by Crippen LogP contribution is -2.53. The number of H-pyrrole nitrogens is 1. The van der Waals surface area contributed by atoms with Gasteiger partial charge < -0.3 is 25.7 Å². The van der Waals surface area contributed by atoms with E-state index >= 15 is 0 Å². The van der Waals surface area contributed by atoms with Crippen LogP contribution in [-0.4, -0.2) is 60.5 Å². The molecule has 2 atom stereocenters. The Morgan fingerprint density at radius 1 is 1.20 bits per heavy atom. The number of ether oxygens (including phenoxy) is 1. The van der Waals surface area contributed by atoms with Gasteiger partial charge in [0.25, 0.3) is 0 Å². The van der Waals surface area contributed by atoms with E-state index in [0.717, 1.165) is 16.5 Å². The Labute approximate surface area is 201 Å². The van der Waals surface area contributed by atoms with Crippen LogP contribution in [0.3, 0.4) is 0 Å². The molecule has 1 aromatic heterocycles. The molecule has 0 unspecified atom stereocenters. The number of carbonyl (C=O) groups is 4. The summed E-state index contributed by atoms with van der Waals surface area (Å²) in [5.41, 5.74) is 9.98. The largest absolute Gasteiger partial charge is 0.452 e. The summed E-state index contributed by atoms with van der Waals surface area (Å²) in [6.07, 6.45) is 6.81. The molecular weight excluding hydrogens is 454 g/mol. The van der Waals surface area contributed by atoms with Crippen LogP contribution in [0, 0.1) is 12.3 Å². The number of esters is 1. The Kier molecular flexibility index (Phi) is 10.6. The standard InChI is InChI=1S/C23H27N7O5/c1-3-12-35-21(32)9-10-25-23(34)19(13-16-14-26-18-7-5-4-6-17(16)18)29-22(33)15(2)28-20(31)8-11-27-30-24/h1,4-7,14-15,19,26H,8-13H2,2H3,(H,25,34)(H,28,31)(H,29,33)/t15-,19+/m0/s1. The molecule has 0 fully saturated rings. The van der Waals surface area contributed by atoms with E-state index in [1.165, 1.54) is 6.92 Å². The van der Waals surface area contributed by atoms with Gasteiger partial charge in [-0.25, -0.2) is 0 Å². The van der Waals surface area contributed by atoms with Crippen molar-refractivity contribution in [3.63, 3.8) is 0 Å². The first-order valence-electron chi connectivity index (χ1n) is 10.9. The smallest absolute Gasteiger partial charge is 0.308 e. The van der Waals surface area contributed by atoms with Crippen molar-refractivity contribution in [1.29, 1.82) is 0 Å². The maximum Gasteiger partial charge on any atom is 0.308 e. The molecule has 2 aromatic rings. The minimum atomic E-state index is -0.981. The number of aromatic nitrogens is 1. The second kappa shape index (κ2) is 13.9. The molecule has 0 aliphatic heterocycles. The molecule has 12 nitrogen and oxygen atoms in total. The Balaban J connectivity index is 2.06. The fourth-order valence-electron chi connectivity index (χ4n) is 3.21. The van der Waals surface area contributed by atoms with Crippen molar-refractivity contribution in [3.8, 4) is 12.3 Å². The average molecular weight is 482 g/mol. The fraction of sp³-hybridized carbons (Fsp3) is 0.391. The SMILES string of the molecule is C#CCOC(=O)CCNC(=O)[C@@H](Cc1c[nH]c2ccccc12)NC(=O)[C@H](C)NC(=O)CCN=[N+]=[N-]. The van der Waals surface area contributed by atoms with Crippen molar-refractivity contribution >= 4 is 34.6 Å². The highest BCUT2D eigenvalue weighted by atomic mass is 16.5. The highest BCUT2D eigenvalue weighted by Crippen LogP contribution is 2.19. The number of benzene rings is 1. The molecule has 1 heterocycles. The van der Waals surface area contributed by atoms with Gasteiger partial charge in [-0.2, -0.15) is 0 Å². The summed E-state index contributed by atoms with van der Waals surface area (Å²) in [6, 6.07) is 5.61. The minimum Gasteiger partial charge on any atom is -0.452 e. The van der Waals surface area contributed by atoms with Crippen LogP contribution in [-0.2, 0) is 30.3 Å². The summed E-state index contributed by atoms with van der Waals surface area (Å²) < 4.78 is 4.77. The van der Waals surface area contributed by atoms with Crippen LogP contribution in [0.2, 0.25) is 0 Å². The van der Waals surface area contributed by atoms with Gasteiger partial charge >= 0.3 is 5.97 Å². The molecule has 0 aliphatic rings. The van der Waals surface area contributed by atoms with E-state index in [2.05, 4.69) is 36.9 Å². The van der Waals surface area contributed by atoms with Gasteiger partial charge in [0.15, 0.2) is 6.61 Å². The predicted octanol–water partition coefficient (Wildman–Crippen LogP) is 1.08. The van der Waals surface area contributed by atoms with Crippen molar-refractivity contribution in [1.82, 2.24) is 20.9 Å². The van der Waals surface area contributed by atoms with Crippen LogP contribution in [0.25, 0.3) is 21.3 Å². The van der Waals surface area contributed by atoms with E-state index in [9.17, 15) is 19.2 Å². The monoisotopic (exact) mass is 481 g/mol. The number of azide groups is 1. The molecule has 35 heavy (non-hydrogen) atoms. The summed E-state index contributed by atoms with van der Waals surface area (Å²) in [5, 5.41) is 12.0. The lowest BCUT2D eigenvalue weighted by atomic mass is 10.0. The molecule has 4 N–H and O–H groups in total. The quantitative estimate of drug-likeness (QED) is 0.110. The number of aromatic amines is 1. The van der Waals surface area contributed by atoms with E-state index in [-0.39, 0.29) is 39.0 Å². The summed E-state index contributed by atoms with van der Waals surface area (Å²) in [5.74, 6) is 0.0782. The van der Waals surface area contributed by atoms with Gasteiger partial charge in [-0.05, 0) is 24.1 Å². The second-order valence-corrected chi connectivity index (χ2v) is 7.52. The van der Waals surface area contributed by atoms with Crippen LogP contribution in [0.1, 0.15) is 25.3 Å². The Morgan fingerprint density at radius 3 is 2.71 bits per heavy atom. The first kappa shape index (κ1) is 26.8.